The third-order valence-electron chi connectivity index (χ3n) is 1.16. The van der Waals surface area contributed by atoms with Crippen molar-refractivity contribution in [3.63, 3.8) is 0 Å². The molecule has 0 heterocycles. The molecule has 0 aliphatic carbocycles. The molecule has 0 N–H and O–H groups in total. The smallest absolute Gasteiger partial charge is 0.109 e. The number of hydrogen-bond acceptors (Lipinski definition) is 0. The molecule has 0 radical (unpaired) electrons. The number of hydrogen-bond donors (Lipinski definition) is 0. The Morgan fingerprint density at radius 2 is 1.91 bits per heavy atom. The fourth-order valence-corrected chi connectivity index (χ4v) is 1.83. The Bertz CT molecular complexity index is 130. The van der Waals surface area contributed by atoms with Gasteiger partial charge < -0.3 is 0 Å². The SMILES string of the molecule is C/C=C(/Cl)CC(Cl)CC(Cl)Cl. The summed E-state index contributed by atoms with van der Waals surface area (Å²) in [5.41, 5.74) is 0. The summed E-state index contributed by atoms with van der Waals surface area (Å²) in [7, 11) is 0. The average molecular weight is 236 g/mol. The lowest BCUT2D eigenvalue weighted by Crippen LogP contribution is -2.03. The molecule has 1 unspecified atom stereocenters. The zero-order chi connectivity index (χ0) is 8.85. The Morgan fingerprint density at radius 3 is 2.27 bits per heavy atom. The number of alkyl halides is 3. The van der Waals surface area contributed by atoms with Crippen molar-refractivity contribution in [2.75, 3.05) is 0 Å². The van der Waals surface area contributed by atoms with Crippen LogP contribution in [0.4, 0.5) is 0 Å². The Morgan fingerprint density at radius 1 is 1.36 bits per heavy atom. The summed E-state index contributed by atoms with van der Waals surface area (Å²) in [6.45, 7) is 1.87. The summed E-state index contributed by atoms with van der Waals surface area (Å²) >= 11 is 22.6. The molecule has 0 saturated carbocycles. The first kappa shape index (κ1) is 11.9. The molecule has 11 heavy (non-hydrogen) atoms. The highest BCUT2D eigenvalue weighted by Gasteiger charge is 2.10. The largest absolute Gasteiger partial charge is 0.123 e. The van der Waals surface area contributed by atoms with Gasteiger partial charge in [-0.25, -0.2) is 0 Å². The van der Waals surface area contributed by atoms with Gasteiger partial charge in [-0.15, -0.1) is 34.8 Å². The van der Waals surface area contributed by atoms with E-state index in [4.69, 9.17) is 46.4 Å². The van der Waals surface area contributed by atoms with Crippen LogP contribution in [0.5, 0.6) is 0 Å². The summed E-state index contributed by atoms with van der Waals surface area (Å²) < 4.78 is 0. The normalized spacial score (nSPS) is 15.6. The van der Waals surface area contributed by atoms with Gasteiger partial charge in [0.25, 0.3) is 0 Å². The minimum Gasteiger partial charge on any atom is -0.123 e. The summed E-state index contributed by atoms with van der Waals surface area (Å²) in [5.74, 6) is 0. The topological polar surface area (TPSA) is 0 Å². The Kier molecular flexibility index (Phi) is 6.94. The van der Waals surface area contributed by atoms with Gasteiger partial charge in [0.05, 0.1) is 0 Å². The molecule has 0 aliphatic rings. The van der Waals surface area contributed by atoms with E-state index in [1.54, 1.807) is 0 Å². The fraction of sp³-hybridized carbons (Fsp3) is 0.714. The van der Waals surface area contributed by atoms with Crippen molar-refractivity contribution in [3.05, 3.63) is 11.1 Å². The van der Waals surface area contributed by atoms with Crippen LogP contribution in [0.1, 0.15) is 19.8 Å². The molecule has 0 aliphatic heterocycles. The maximum Gasteiger partial charge on any atom is 0.109 e. The molecule has 0 bridgehead atoms. The van der Waals surface area contributed by atoms with Crippen molar-refractivity contribution in [3.8, 4) is 0 Å². The van der Waals surface area contributed by atoms with Crippen LogP contribution < -0.4 is 0 Å². The van der Waals surface area contributed by atoms with E-state index in [-0.39, 0.29) is 5.38 Å². The van der Waals surface area contributed by atoms with Crippen LogP contribution in [0, 0.1) is 0 Å². The quantitative estimate of drug-likeness (QED) is 0.637. The molecule has 0 aromatic rings. The molecule has 0 aromatic heterocycles. The highest BCUT2D eigenvalue weighted by Crippen LogP contribution is 2.21. The van der Waals surface area contributed by atoms with E-state index < -0.39 is 4.84 Å². The van der Waals surface area contributed by atoms with Crippen LogP contribution in [0.2, 0.25) is 0 Å². The minimum absolute atomic E-state index is 0.0706. The van der Waals surface area contributed by atoms with Crippen molar-refractivity contribution in [2.45, 2.75) is 30.0 Å². The van der Waals surface area contributed by atoms with Crippen LogP contribution in [-0.4, -0.2) is 10.2 Å². The second-order valence-electron chi connectivity index (χ2n) is 2.16. The predicted octanol–water partition coefficient (Wildman–Crippen LogP) is 4.32. The van der Waals surface area contributed by atoms with Gasteiger partial charge in [0.2, 0.25) is 0 Å². The standard InChI is InChI=1S/C7H10Cl4/c1-2-5(8)3-6(9)4-7(10)11/h2,6-7H,3-4H2,1H3/b5-2+. The molecule has 0 rings (SSSR count). The summed E-state index contributed by atoms with van der Waals surface area (Å²) in [4.78, 5) is -0.404. The lowest BCUT2D eigenvalue weighted by atomic mass is 10.2. The Balaban J connectivity index is 3.60. The molecular weight excluding hydrogens is 226 g/mol. The second kappa shape index (κ2) is 6.42. The number of rotatable bonds is 4. The molecule has 0 saturated heterocycles. The van der Waals surface area contributed by atoms with Crippen LogP contribution in [0.3, 0.4) is 0 Å². The molecule has 4 heteroatoms. The van der Waals surface area contributed by atoms with Crippen LogP contribution in [0.15, 0.2) is 11.1 Å². The minimum atomic E-state index is -0.404. The van der Waals surface area contributed by atoms with Gasteiger partial charge in [-0.1, -0.05) is 17.7 Å². The van der Waals surface area contributed by atoms with Crippen LogP contribution in [0.25, 0.3) is 0 Å². The predicted molar refractivity (Wildman–Crippen MR) is 54.0 cm³/mol. The molecule has 0 fully saturated rings. The molecule has 0 spiro atoms. The molecular formula is C7H10Cl4. The molecule has 66 valence electrons. The van der Waals surface area contributed by atoms with Crippen LogP contribution in [-0.2, 0) is 0 Å². The Hall–Kier alpha value is 0.900. The molecule has 0 nitrogen and oxygen atoms in total. The average Bonchev–Trinajstić information content (AvgIpc) is 1.85. The van der Waals surface area contributed by atoms with Crippen molar-refractivity contribution in [2.24, 2.45) is 0 Å². The Labute approximate surface area is 87.5 Å². The van der Waals surface area contributed by atoms with Gasteiger partial charge >= 0.3 is 0 Å². The third kappa shape index (κ3) is 7.27. The lowest BCUT2D eigenvalue weighted by molar-refractivity contribution is 0.798. The van der Waals surface area contributed by atoms with E-state index >= 15 is 0 Å². The number of halogens is 4. The number of allylic oxidation sites excluding steroid dienone is 2. The van der Waals surface area contributed by atoms with Gasteiger partial charge in [-0.05, 0) is 19.8 Å². The van der Waals surface area contributed by atoms with E-state index in [1.165, 1.54) is 0 Å². The summed E-state index contributed by atoms with van der Waals surface area (Å²) in [6, 6.07) is 0. The first-order chi connectivity index (χ1) is 5.06. The van der Waals surface area contributed by atoms with Gasteiger partial charge in [-0.3, -0.25) is 0 Å². The molecule has 0 amide bonds. The van der Waals surface area contributed by atoms with Crippen molar-refractivity contribution >= 4 is 46.4 Å². The first-order valence-electron chi connectivity index (χ1n) is 3.29. The van der Waals surface area contributed by atoms with E-state index in [9.17, 15) is 0 Å². The second-order valence-corrected chi connectivity index (χ2v) is 4.54. The van der Waals surface area contributed by atoms with Gasteiger partial charge in [0, 0.05) is 10.4 Å². The fourth-order valence-electron chi connectivity index (χ4n) is 0.606. The van der Waals surface area contributed by atoms with E-state index in [0.29, 0.717) is 12.8 Å². The maximum absolute atomic E-state index is 5.86. The maximum atomic E-state index is 5.86. The zero-order valence-electron chi connectivity index (χ0n) is 6.16. The van der Waals surface area contributed by atoms with E-state index in [2.05, 4.69) is 0 Å². The third-order valence-corrected chi connectivity index (χ3v) is 2.23. The molecule has 0 aromatic carbocycles. The first-order valence-corrected chi connectivity index (χ1v) is 4.98. The summed E-state index contributed by atoms with van der Waals surface area (Å²) in [5, 5.41) is 0.678. The van der Waals surface area contributed by atoms with Crippen LogP contribution >= 0.6 is 46.4 Å². The molecule has 1 atom stereocenters. The monoisotopic (exact) mass is 234 g/mol. The lowest BCUT2D eigenvalue weighted by Gasteiger charge is -2.07. The highest BCUT2D eigenvalue weighted by atomic mass is 35.5. The van der Waals surface area contributed by atoms with Gasteiger partial charge in [0.1, 0.15) is 4.84 Å². The van der Waals surface area contributed by atoms with Crippen molar-refractivity contribution in [1.82, 2.24) is 0 Å². The van der Waals surface area contributed by atoms with E-state index in [1.807, 2.05) is 13.0 Å². The highest BCUT2D eigenvalue weighted by molar-refractivity contribution is 6.44. The summed E-state index contributed by atoms with van der Waals surface area (Å²) in [6.07, 6.45) is 3.01. The van der Waals surface area contributed by atoms with Crippen molar-refractivity contribution in [1.29, 1.82) is 0 Å². The van der Waals surface area contributed by atoms with Gasteiger partial charge in [0.15, 0.2) is 0 Å². The van der Waals surface area contributed by atoms with Gasteiger partial charge in [-0.2, -0.15) is 0 Å². The van der Waals surface area contributed by atoms with E-state index in [0.717, 1.165) is 5.03 Å². The van der Waals surface area contributed by atoms with Crippen molar-refractivity contribution < 1.29 is 0 Å². The zero-order valence-corrected chi connectivity index (χ0v) is 9.18.